The molecule has 0 unspecified atom stereocenters. The van der Waals surface area contributed by atoms with E-state index in [2.05, 4.69) is 10.1 Å². The van der Waals surface area contributed by atoms with Crippen molar-refractivity contribution < 1.29 is 28.7 Å². The highest BCUT2D eigenvalue weighted by Gasteiger charge is 2.28. The molecule has 0 saturated carbocycles. The van der Waals surface area contributed by atoms with Gasteiger partial charge in [-0.1, -0.05) is 19.3 Å². The molecule has 1 N–H and O–H groups in total. The second kappa shape index (κ2) is 10.7. The van der Waals surface area contributed by atoms with Crippen molar-refractivity contribution in [1.29, 1.82) is 0 Å². The Bertz CT molecular complexity index is 434. The molecule has 0 bridgehead atoms. The van der Waals surface area contributed by atoms with Crippen LogP contribution >= 0.6 is 0 Å². The monoisotopic (exact) mass is 327 g/mol. The van der Waals surface area contributed by atoms with E-state index in [1.165, 1.54) is 7.11 Å². The Balaban J connectivity index is 2.00. The van der Waals surface area contributed by atoms with Crippen LogP contribution in [0.3, 0.4) is 0 Å². The fraction of sp³-hybridized carbons (Fsp3) is 0.750. The Morgan fingerprint density at radius 2 is 1.78 bits per heavy atom. The molecule has 0 radical (unpaired) electrons. The summed E-state index contributed by atoms with van der Waals surface area (Å²) in [6.07, 6.45) is 5.35. The molecule has 1 fully saturated rings. The average molecular weight is 327 g/mol. The van der Waals surface area contributed by atoms with Crippen LogP contribution in [0.4, 0.5) is 0 Å². The Kier molecular flexibility index (Phi) is 8.94. The van der Waals surface area contributed by atoms with Gasteiger partial charge in [-0.05, 0) is 12.8 Å². The van der Waals surface area contributed by atoms with E-state index in [0.717, 1.165) is 32.1 Å². The van der Waals surface area contributed by atoms with Gasteiger partial charge in [0.05, 0.1) is 20.1 Å². The zero-order valence-electron chi connectivity index (χ0n) is 13.6. The summed E-state index contributed by atoms with van der Waals surface area (Å²) in [7, 11) is 1.37. The molecule has 7 heteroatoms. The second-order valence-electron chi connectivity index (χ2n) is 5.64. The summed E-state index contributed by atoms with van der Waals surface area (Å²) in [5, 5.41) is 2.52. The van der Waals surface area contributed by atoms with Gasteiger partial charge >= 0.3 is 11.9 Å². The van der Waals surface area contributed by atoms with Gasteiger partial charge in [0.25, 0.3) is 0 Å². The van der Waals surface area contributed by atoms with Crippen LogP contribution in [-0.4, -0.2) is 43.4 Å². The van der Waals surface area contributed by atoms with Gasteiger partial charge in [-0.2, -0.15) is 0 Å². The Hall–Kier alpha value is -1.92. The van der Waals surface area contributed by atoms with Crippen molar-refractivity contribution in [3.8, 4) is 0 Å². The van der Waals surface area contributed by atoms with Crippen LogP contribution in [0, 0.1) is 0 Å². The smallest absolute Gasteiger partial charge is 0.328 e. The minimum absolute atomic E-state index is 0.122. The summed E-state index contributed by atoms with van der Waals surface area (Å²) in [6.45, 7) is 0.313. The van der Waals surface area contributed by atoms with Gasteiger partial charge < -0.3 is 14.8 Å². The maximum Gasteiger partial charge on any atom is 0.328 e. The van der Waals surface area contributed by atoms with Crippen molar-refractivity contribution in [2.24, 2.45) is 0 Å². The normalized spacial score (nSPS) is 16.7. The van der Waals surface area contributed by atoms with Crippen LogP contribution in [0.2, 0.25) is 0 Å². The van der Waals surface area contributed by atoms with E-state index >= 15 is 0 Å². The number of nitrogens with one attached hydrogen (secondary N) is 1. The molecule has 1 rings (SSSR count). The molecule has 0 aromatic heterocycles. The summed E-state index contributed by atoms with van der Waals surface area (Å²) in [5.41, 5.74) is 0. The average Bonchev–Trinajstić information content (AvgIpc) is 2.90. The summed E-state index contributed by atoms with van der Waals surface area (Å²) >= 11 is 0. The van der Waals surface area contributed by atoms with Crippen LogP contribution in [-0.2, 0) is 28.7 Å². The number of Topliss-reactive ketones (excluding diaryl/α,β-unsaturated/α-hetero) is 1. The quantitative estimate of drug-likeness (QED) is 0.349. The number of hydrogen-bond donors (Lipinski definition) is 1. The van der Waals surface area contributed by atoms with Crippen molar-refractivity contribution >= 4 is 23.6 Å². The van der Waals surface area contributed by atoms with E-state index in [1.54, 1.807) is 0 Å². The highest BCUT2D eigenvalue weighted by molar-refractivity contribution is 5.99. The summed E-state index contributed by atoms with van der Waals surface area (Å²) in [6, 6.07) is -0.606. The van der Waals surface area contributed by atoms with E-state index in [9.17, 15) is 19.2 Å². The summed E-state index contributed by atoms with van der Waals surface area (Å²) in [5.74, 6) is -1.17. The molecule has 1 atom stereocenters. The first-order chi connectivity index (χ1) is 11.0. The third-order valence-electron chi connectivity index (χ3n) is 3.69. The fourth-order valence-electron chi connectivity index (χ4n) is 2.36. The van der Waals surface area contributed by atoms with Gasteiger partial charge in [0.2, 0.25) is 5.91 Å². The number of methoxy groups -OCH3 is 1. The van der Waals surface area contributed by atoms with Crippen LogP contribution in [0.5, 0.6) is 0 Å². The van der Waals surface area contributed by atoms with E-state index in [4.69, 9.17) is 4.74 Å². The number of rotatable bonds is 11. The zero-order valence-corrected chi connectivity index (χ0v) is 13.6. The van der Waals surface area contributed by atoms with Crippen molar-refractivity contribution in [3.05, 3.63) is 0 Å². The number of ether oxygens (including phenoxy) is 2. The van der Waals surface area contributed by atoms with Gasteiger partial charge in [0, 0.05) is 19.3 Å². The van der Waals surface area contributed by atoms with Crippen molar-refractivity contribution in [2.75, 3.05) is 13.7 Å². The van der Waals surface area contributed by atoms with E-state index < -0.39 is 17.9 Å². The van der Waals surface area contributed by atoms with Crippen LogP contribution in [0.25, 0.3) is 0 Å². The first-order valence-corrected chi connectivity index (χ1v) is 8.07. The van der Waals surface area contributed by atoms with Crippen LogP contribution < -0.4 is 5.32 Å². The first-order valence-electron chi connectivity index (χ1n) is 8.07. The number of hydrogen-bond acceptors (Lipinski definition) is 6. The predicted octanol–water partition coefficient (Wildman–Crippen LogP) is 1.28. The third kappa shape index (κ3) is 8.32. The van der Waals surface area contributed by atoms with E-state index in [0.29, 0.717) is 25.9 Å². The molecule has 130 valence electrons. The maximum absolute atomic E-state index is 11.7. The third-order valence-corrected chi connectivity index (χ3v) is 3.69. The summed E-state index contributed by atoms with van der Waals surface area (Å²) < 4.78 is 9.29. The Morgan fingerprint density at radius 3 is 2.39 bits per heavy atom. The lowest BCUT2D eigenvalue weighted by Gasteiger charge is -2.08. The topological polar surface area (TPSA) is 98.8 Å². The predicted molar refractivity (Wildman–Crippen MR) is 81.5 cm³/mol. The molecule has 0 aromatic carbocycles. The molecule has 0 aliphatic carbocycles. The maximum atomic E-state index is 11.7. The molecule has 1 aliphatic rings. The number of unbranched alkanes of at least 4 members (excludes halogenated alkanes) is 4. The highest BCUT2D eigenvalue weighted by atomic mass is 16.5. The molecular formula is C16H25NO6. The molecule has 1 saturated heterocycles. The molecular weight excluding hydrogens is 302 g/mol. The first kappa shape index (κ1) is 19.1. The number of esters is 2. The fourth-order valence-corrected chi connectivity index (χ4v) is 2.36. The number of carbonyl (C=O) groups excluding carboxylic acids is 4. The standard InChI is InChI=1S/C16H25NO6/c1-22-15(20)8-6-4-2-3-5-7-12(18)11-14(19)17-13-9-10-23-16(13)21/h13H,2-11H2,1H3,(H,17,19)/t13-/m0/s1. The van der Waals surface area contributed by atoms with Crippen LogP contribution in [0.1, 0.15) is 57.8 Å². The lowest BCUT2D eigenvalue weighted by Crippen LogP contribution is -2.38. The van der Waals surface area contributed by atoms with Gasteiger partial charge in [0.1, 0.15) is 11.8 Å². The largest absolute Gasteiger partial charge is 0.469 e. The van der Waals surface area contributed by atoms with Crippen molar-refractivity contribution in [2.45, 2.75) is 63.8 Å². The number of cyclic esters (lactones) is 1. The molecule has 0 spiro atoms. The van der Waals surface area contributed by atoms with Gasteiger partial charge in [0.15, 0.2) is 0 Å². The zero-order chi connectivity index (χ0) is 17.1. The van der Waals surface area contributed by atoms with Gasteiger partial charge in [-0.15, -0.1) is 0 Å². The van der Waals surface area contributed by atoms with Crippen molar-refractivity contribution in [1.82, 2.24) is 5.32 Å². The number of ketones is 1. The minimum atomic E-state index is -0.606. The molecule has 1 amide bonds. The lowest BCUT2D eigenvalue weighted by atomic mass is 10.1. The highest BCUT2D eigenvalue weighted by Crippen LogP contribution is 2.09. The van der Waals surface area contributed by atoms with Gasteiger partial charge in [-0.3, -0.25) is 14.4 Å². The molecule has 1 aliphatic heterocycles. The molecule has 23 heavy (non-hydrogen) atoms. The SMILES string of the molecule is COC(=O)CCCCCCCC(=O)CC(=O)N[C@H]1CCOC1=O. The Labute approximate surface area is 136 Å². The molecule has 0 aromatic rings. The molecule has 7 nitrogen and oxygen atoms in total. The van der Waals surface area contributed by atoms with Crippen LogP contribution in [0.15, 0.2) is 0 Å². The summed E-state index contributed by atoms with van der Waals surface area (Å²) in [4.78, 5) is 45.4. The Morgan fingerprint density at radius 1 is 1.13 bits per heavy atom. The van der Waals surface area contributed by atoms with Gasteiger partial charge in [-0.25, -0.2) is 4.79 Å². The van der Waals surface area contributed by atoms with E-state index in [-0.39, 0.29) is 18.2 Å². The van der Waals surface area contributed by atoms with E-state index in [1.807, 2.05) is 0 Å². The lowest BCUT2D eigenvalue weighted by molar-refractivity contribution is -0.142. The van der Waals surface area contributed by atoms with Crippen molar-refractivity contribution in [3.63, 3.8) is 0 Å². The number of carbonyl (C=O) groups is 4. The number of amides is 1. The second-order valence-corrected chi connectivity index (χ2v) is 5.64. The minimum Gasteiger partial charge on any atom is -0.469 e. The molecule has 1 heterocycles.